The molecule has 2 aromatic heterocycles. The second-order valence-corrected chi connectivity index (χ2v) is 3.96. The first-order chi connectivity index (χ1) is 9.01. The summed E-state index contributed by atoms with van der Waals surface area (Å²) in [6.07, 6.45) is 3.05. The summed E-state index contributed by atoms with van der Waals surface area (Å²) in [5, 5.41) is 14.9. The fraction of sp³-hybridized carbons (Fsp3) is 0.300. The summed E-state index contributed by atoms with van der Waals surface area (Å²) in [5.41, 5.74) is -0.170. The van der Waals surface area contributed by atoms with Crippen LogP contribution in [0.1, 0.15) is 12.6 Å². The Hall–Kier alpha value is -2.22. The Bertz CT molecular complexity index is 628. The Balaban J connectivity index is 2.40. The van der Waals surface area contributed by atoms with Crippen LogP contribution in [0.15, 0.2) is 12.4 Å². The zero-order chi connectivity index (χ0) is 14.0. The van der Waals surface area contributed by atoms with Gasteiger partial charge in [0.25, 0.3) is 0 Å². The van der Waals surface area contributed by atoms with Gasteiger partial charge >= 0.3 is 11.6 Å². The molecule has 0 radical (unpaired) electrons. The van der Waals surface area contributed by atoms with Crippen molar-refractivity contribution in [1.29, 1.82) is 0 Å². The third kappa shape index (κ3) is 2.79. The van der Waals surface area contributed by atoms with Gasteiger partial charge in [0.2, 0.25) is 5.28 Å². The van der Waals surface area contributed by atoms with Crippen LogP contribution in [0.4, 0.5) is 5.69 Å². The zero-order valence-electron chi connectivity index (χ0n) is 10.2. The Morgan fingerprint density at radius 1 is 1.53 bits per heavy atom. The summed E-state index contributed by atoms with van der Waals surface area (Å²) in [4.78, 5) is 17.9. The minimum absolute atomic E-state index is 0.110. The van der Waals surface area contributed by atoms with Crippen molar-refractivity contribution in [3.63, 3.8) is 0 Å². The molecule has 0 aromatic carbocycles. The second-order valence-electron chi connectivity index (χ2n) is 3.62. The standard InChI is InChI=1S/C10H10ClN5O3/c1-3-15-5-7(4-12-15)19-9-8(16(17)18)6(2)13-10(11)14-9/h4-5H,3H2,1-2H3. The summed E-state index contributed by atoms with van der Waals surface area (Å²) >= 11 is 5.68. The average molecular weight is 284 g/mol. The van der Waals surface area contributed by atoms with E-state index in [0.717, 1.165) is 0 Å². The van der Waals surface area contributed by atoms with E-state index >= 15 is 0 Å². The fourth-order valence-electron chi connectivity index (χ4n) is 1.47. The normalized spacial score (nSPS) is 10.5. The molecule has 0 atom stereocenters. The number of rotatable bonds is 4. The highest BCUT2D eigenvalue weighted by molar-refractivity contribution is 6.28. The van der Waals surface area contributed by atoms with E-state index < -0.39 is 4.92 Å². The lowest BCUT2D eigenvalue weighted by atomic mass is 10.4. The van der Waals surface area contributed by atoms with Crippen molar-refractivity contribution in [3.8, 4) is 11.6 Å². The van der Waals surface area contributed by atoms with Gasteiger partial charge in [-0.3, -0.25) is 14.8 Å². The summed E-state index contributed by atoms with van der Waals surface area (Å²) in [5.74, 6) is 0.150. The van der Waals surface area contributed by atoms with Crippen LogP contribution >= 0.6 is 11.6 Å². The van der Waals surface area contributed by atoms with E-state index in [1.54, 1.807) is 10.9 Å². The molecular formula is C10H10ClN5O3. The van der Waals surface area contributed by atoms with Gasteiger partial charge in [0, 0.05) is 6.54 Å². The zero-order valence-corrected chi connectivity index (χ0v) is 11.0. The highest BCUT2D eigenvalue weighted by Crippen LogP contribution is 2.32. The molecule has 0 amide bonds. The molecule has 0 fully saturated rings. The highest BCUT2D eigenvalue weighted by atomic mass is 35.5. The number of ether oxygens (including phenoxy) is 1. The molecule has 2 aromatic rings. The number of aromatic nitrogens is 4. The average Bonchev–Trinajstić information content (AvgIpc) is 2.75. The monoisotopic (exact) mass is 283 g/mol. The Morgan fingerprint density at radius 3 is 2.84 bits per heavy atom. The molecule has 100 valence electrons. The van der Waals surface area contributed by atoms with Gasteiger partial charge < -0.3 is 4.74 Å². The number of nitrogens with zero attached hydrogens (tertiary/aromatic N) is 5. The molecule has 0 aliphatic rings. The molecule has 0 N–H and O–H groups in total. The molecule has 0 unspecified atom stereocenters. The lowest BCUT2D eigenvalue weighted by molar-refractivity contribution is -0.386. The third-order valence-corrected chi connectivity index (χ3v) is 2.50. The molecule has 0 spiro atoms. The Kier molecular flexibility index (Phi) is 3.61. The lowest BCUT2D eigenvalue weighted by Gasteiger charge is -2.04. The van der Waals surface area contributed by atoms with Crippen LogP contribution in [0.3, 0.4) is 0 Å². The minimum Gasteiger partial charge on any atom is -0.430 e. The summed E-state index contributed by atoms with van der Waals surface area (Å²) in [6, 6.07) is 0. The van der Waals surface area contributed by atoms with Crippen molar-refractivity contribution in [2.45, 2.75) is 20.4 Å². The number of nitro groups is 1. The number of hydrogen-bond donors (Lipinski definition) is 0. The lowest BCUT2D eigenvalue weighted by Crippen LogP contribution is -2.01. The van der Waals surface area contributed by atoms with Crippen molar-refractivity contribution in [2.24, 2.45) is 0 Å². The van der Waals surface area contributed by atoms with Crippen LogP contribution in [-0.4, -0.2) is 24.7 Å². The van der Waals surface area contributed by atoms with Crippen LogP contribution < -0.4 is 4.74 Å². The van der Waals surface area contributed by atoms with Crippen LogP contribution in [0.25, 0.3) is 0 Å². The predicted molar refractivity (Wildman–Crippen MR) is 66.4 cm³/mol. The van der Waals surface area contributed by atoms with Gasteiger partial charge in [-0.25, -0.2) is 4.98 Å². The van der Waals surface area contributed by atoms with Gasteiger partial charge in [0.05, 0.1) is 17.3 Å². The fourth-order valence-corrected chi connectivity index (χ4v) is 1.67. The first-order valence-electron chi connectivity index (χ1n) is 5.40. The van der Waals surface area contributed by atoms with Gasteiger partial charge in [-0.05, 0) is 25.4 Å². The van der Waals surface area contributed by atoms with E-state index in [2.05, 4.69) is 15.1 Å². The quantitative estimate of drug-likeness (QED) is 0.485. The van der Waals surface area contributed by atoms with E-state index in [1.807, 2.05) is 6.92 Å². The molecule has 2 heterocycles. The van der Waals surface area contributed by atoms with Gasteiger partial charge in [-0.1, -0.05) is 0 Å². The van der Waals surface area contributed by atoms with E-state index in [1.165, 1.54) is 13.1 Å². The first-order valence-corrected chi connectivity index (χ1v) is 5.78. The molecule has 2 rings (SSSR count). The molecule has 19 heavy (non-hydrogen) atoms. The SMILES string of the molecule is CCn1cc(Oc2nc(Cl)nc(C)c2[N+](=O)[O-])cn1. The minimum atomic E-state index is -0.606. The largest absolute Gasteiger partial charge is 0.430 e. The number of hydrogen-bond acceptors (Lipinski definition) is 6. The first kappa shape index (κ1) is 13.2. The Morgan fingerprint density at radius 2 is 2.26 bits per heavy atom. The molecule has 0 saturated carbocycles. The second kappa shape index (κ2) is 5.19. The van der Waals surface area contributed by atoms with E-state index in [4.69, 9.17) is 16.3 Å². The molecule has 0 aliphatic heterocycles. The van der Waals surface area contributed by atoms with Crippen molar-refractivity contribution in [1.82, 2.24) is 19.7 Å². The molecule has 0 aliphatic carbocycles. The maximum atomic E-state index is 11.0. The maximum absolute atomic E-state index is 11.0. The highest BCUT2D eigenvalue weighted by Gasteiger charge is 2.24. The molecular weight excluding hydrogens is 274 g/mol. The number of halogens is 1. The molecule has 9 heteroatoms. The van der Waals surface area contributed by atoms with Crippen molar-refractivity contribution >= 4 is 17.3 Å². The van der Waals surface area contributed by atoms with Crippen molar-refractivity contribution in [3.05, 3.63) is 33.5 Å². The summed E-state index contributed by atoms with van der Waals surface area (Å²) < 4.78 is 6.98. The van der Waals surface area contributed by atoms with E-state index in [-0.39, 0.29) is 22.5 Å². The molecule has 0 saturated heterocycles. The van der Waals surface area contributed by atoms with Gasteiger partial charge in [-0.2, -0.15) is 10.1 Å². The molecule has 0 bridgehead atoms. The summed E-state index contributed by atoms with van der Waals surface area (Å²) in [6.45, 7) is 4.04. The maximum Gasteiger partial charge on any atom is 0.352 e. The predicted octanol–water partition coefficient (Wildman–Crippen LogP) is 2.36. The van der Waals surface area contributed by atoms with E-state index in [9.17, 15) is 10.1 Å². The summed E-state index contributed by atoms with van der Waals surface area (Å²) in [7, 11) is 0. The van der Waals surface area contributed by atoms with Crippen molar-refractivity contribution in [2.75, 3.05) is 0 Å². The van der Waals surface area contributed by atoms with E-state index in [0.29, 0.717) is 12.3 Å². The van der Waals surface area contributed by atoms with Crippen molar-refractivity contribution < 1.29 is 9.66 Å². The van der Waals surface area contributed by atoms with Crippen LogP contribution in [0.2, 0.25) is 5.28 Å². The third-order valence-electron chi connectivity index (χ3n) is 2.33. The van der Waals surface area contributed by atoms with Gasteiger partial charge in [-0.15, -0.1) is 0 Å². The smallest absolute Gasteiger partial charge is 0.352 e. The Labute approximate surface area is 113 Å². The topological polar surface area (TPSA) is 96.0 Å². The molecule has 8 nitrogen and oxygen atoms in total. The van der Waals surface area contributed by atoms with Crippen LogP contribution in [-0.2, 0) is 6.54 Å². The van der Waals surface area contributed by atoms with Crippen LogP contribution in [0, 0.1) is 17.0 Å². The number of aryl methyl sites for hydroxylation is 2. The van der Waals surface area contributed by atoms with Gasteiger partial charge in [0.15, 0.2) is 5.75 Å². The van der Waals surface area contributed by atoms with Crippen LogP contribution in [0.5, 0.6) is 11.6 Å². The van der Waals surface area contributed by atoms with Gasteiger partial charge in [0.1, 0.15) is 5.69 Å².